The van der Waals surface area contributed by atoms with Crippen molar-refractivity contribution in [3.63, 3.8) is 0 Å². The van der Waals surface area contributed by atoms with Crippen molar-refractivity contribution in [1.82, 2.24) is 10.2 Å². The SMILES string of the molecule is COc1ccc(CCNC(=O)N2CCN(c3cccc(F)c3)CC2)cc1. The third kappa shape index (κ3) is 4.65. The molecule has 138 valence electrons. The van der Waals surface area contributed by atoms with E-state index >= 15 is 0 Å². The normalized spacial score (nSPS) is 14.2. The Morgan fingerprint density at radius 1 is 1.12 bits per heavy atom. The molecule has 1 aliphatic rings. The van der Waals surface area contributed by atoms with Gasteiger partial charge >= 0.3 is 6.03 Å². The lowest BCUT2D eigenvalue weighted by molar-refractivity contribution is 0.194. The van der Waals surface area contributed by atoms with E-state index in [1.54, 1.807) is 13.2 Å². The molecule has 0 saturated carbocycles. The summed E-state index contributed by atoms with van der Waals surface area (Å²) < 4.78 is 18.5. The van der Waals surface area contributed by atoms with Gasteiger partial charge in [-0.3, -0.25) is 0 Å². The zero-order chi connectivity index (χ0) is 18.4. The Balaban J connectivity index is 1.42. The maximum atomic E-state index is 13.3. The van der Waals surface area contributed by atoms with Crippen LogP contribution in [0.2, 0.25) is 0 Å². The summed E-state index contributed by atoms with van der Waals surface area (Å²) in [5, 5.41) is 2.97. The van der Waals surface area contributed by atoms with Crippen LogP contribution < -0.4 is 15.0 Å². The van der Waals surface area contributed by atoms with E-state index in [1.165, 1.54) is 12.1 Å². The molecule has 1 aliphatic heterocycles. The van der Waals surface area contributed by atoms with Gasteiger partial charge in [-0.25, -0.2) is 9.18 Å². The number of nitrogens with one attached hydrogen (secondary N) is 1. The molecule has 1 N–H and O–H groups in total. The molecule has 6 heteroatoms. The van der Waals surface area contributed by atoms with Crippen LogP contribution in [0.15, 0.2) is 48.5 Å². The van der Waals surface area contributed by atoms with Crippen molar-refractivity contribution >= 4 is 11.7 Å². The molecule has 0 unspecified atom stereocenters. The Bertz CT molecular complexity index is 728. The first kappa shape index (κ1) is 18.0. The molecule has 26 heavy (non-hydrogen) atoms. The van der Waals surface area contributed by atoms with Gasteiger partial charge in [-0.2, -0.15) is 0 Å². The lowest BCUT2D eigenvalue weighted by Crippen LogP contribution is -2.52. The van der Waals surface area contributed by atoms with E-state index in [0.717, 1.165) is 23.4 Å². The first-order chi connectivity index (χ1) is 12.7. The molecule has 1 heterocycles. The fourth-order valence-electron chi connectivity index (χ4n) is 3.06. The summed E-state index contributed by atoms with van der Waals surface area (Å²) in [4.78, 5) is 16.2. The minimum Gasteiger partial charge on any atom is -0.497 e. The number of methoxy groups -OCH3 is 1. The lowest BCUT2D eigenvalue weighted by atomic mass is 10.1. The summed E-state index contributed by atoms with van der Waals surface area (Å²) in [5.74, 6) is 0.593. The van der Waals surface area contributed by atoms with Crippen LogP contribution >= 0.6 is 0 Å². The van der Waals surface area contributed by atoms with E-state index in [2.05, 4.69) is 10.2 Å². The number of piperazine rings is 1. The van der Waals surface area contributed by atoms with Gasteiger partial charge in [0.05, 0.1) is 7.11 Å². The second-order valence-corrected chi connectivity index (χ2v) is 6.28. The van der Waals surface area contributed by atoms with Crippen LogP contribution in [-0.4, -0.2) is 50.8 Å². The van der Waals surface area contributed by atoms with Crippen LogP contribution in [0.3, 0.4) is 0 Å². The standard InChI is InChI=1S/C20H24FN3O2/c1-26-19-7-5-16(6-8-19)9-10-22-20(25)24-13-11-23(12-14-24)18-4-2-3-17(21)15-18/h2-8,15H,9-14H2,1H3,(H,22,25). The molecule has 2 aromatic carbocycles. The number of ether oxygens (including phenoxy) is 1. The van der Waals surface area contributed by atoms with Gasteiger partial charge in [0.1, 0.15) is 11.6 Å². The molecule has 0 aliphatic carbocycles. The predicted octanol–water partition coefficient (Wildman–Crippen LogP) is 2.91. The van der Waals surface area contributed by atoms with Crippen molar-refractivity contribution in [1.29, 1.82) is 0 Å². The molecule has 0 aromatic heterocycles. The monoisotopic (exact) mass is 357 g/mol. The van der Waals surface area contributed by atoms with Crippen LogP contribution in [0.5, 0.6) is 5.75 Å². The first-order valence-electron chi connectivity index (χ1n) is 8.82. The van der Waals surface area contributed by atoms with E-state index in [9.17, 15) is 9.18 Å². The number of anilines is 1. The zero-order valence-electron chi connectivity index (χ0n) is 15.0. The van der Waals surface area contributed by atoms with Crippen LogP contribution in [-0.2, 0) is 6.42 Å². The molecule has 1 fully saturated rings. The first-order valence-corrected chi connectivity index (χ1v) is 8.82. The fourth-order valence-corrected chi connectivity index (χ4v) is 3.06. The number of carbonyl (C=O) groups is 1. The molecule has 0 spiro atoms. The van der Waals surface area contributed by atoms with Crippen LogP contribution in [0, 0.1) is 5.82 Å². The average Bonchev–Trinajstić information content (AvgIpc) is 2.68. The largest absolute Gasteiger partial charge is 0.497 e. The second-order valence-electron chi connectivity index (χ2n) is 6.28. The Labute approximate surface area is 153 Å². The molecule has 5 nitrogen and oxygen atoms in total. The molecule has 3 rings (SSSR count). The number of benzene rings is 2. The van der Waals surface area contributed by atoms with Crippen molar-refractivity contribution in [3.8, 4) is 5.75 Å². The number of hydrogen-bond acceptors (Lipinski definition) is 3. The fraction of sp³-hybridized carbons (Fsp3) is 0.350. The minimum atomic E-state index is -0.235. The summed E-state index contributed by atoms with van der Waals surface area (Å²) in [6.45, 7) is 3.26. The molecular formula is C20H24FN3O2. The van der Waals surface area contributed by atoms with Gasteiger partial charge in [-0.15, -0.1) is 0 Å². The van der Waals surface area contributed by atoms with Crippen molar-refractivity contribution < 1.29 is 13.9 Å². The quantitative estimate of drug-likeness (QED) is 0.895. The number of halogens is 1. The van der Waals surface area contributed by atoms with E-state index < -0.39 is 0 Å². The Hall–Kier alpha value is -2.76. The lowest BCUT2D eigenvalue weighted by Gasteiger charge is -2.36. The van der Waals surface area contributed by atoms with E-state index in [-0.39, 0.29) is 11.8 Å². The highest BCUT2D eigenvalue weighted by molar-refractivity contribution is 5.74. The summed E-state index contributed by atoms with van der Waals surface area (Å²) in [5.41, 5.74) is 2.02. The Morgan fingerprint density at radius 2 is 1.85 bits per heavy atom. The highest BCUT2D eigenvalue weighted by Crippen LogP contribution is 2.17. The predicted molar refractivity (Wildman–Crippen MR) is 100 cm³/mol. The molecule has 0 bridgehead atoms. The van der Waals surface area contributed by atoms with E-state index in [1.807, 2.05) is 35.2 Å². The molecule has 2 aromatic rings. The maximum Gasteiger partial charge on any atom is 0.317 e. The van der Waals surface area contributed by atoms with E-state index in [4.69, 9.17) is 4.74 Å². The summed E-state index contributed by atoms with van der Waals surface area (Å²) >= 11 is 0. The molecule has 0 radical (unpaired) electrons. The summed E-state index contributed by atoms with van der Waals surface area (Å²) in [7, 11) is 1.64. The minimum absolute atomic E-state index is 0.0441. The molecule has 0 atom stereocenters. The number of urea groups is 1. The third-order valence-electron chi connectivity index (χ3n) is 4.59. The Kier molecular flexibility index (Phi) is 5.94. The summed E-state index contributed by atoms with van der Waals surface area (Å²) in [6, 6.07) is 14.4. The Morgan fingerprint density at radius 3 is 2.50 bits per heavy atom. The highest BCUT2D eigenvalue weighted by atomic mass is 19.1. The van der Waals surface area contributed by atoms with Gasteiger partial charge < -0.3 is 19.9 Å². The van der Waals surface area contributed by atoms with Gasteiger partial charge in [0.15, 0.2) is 0 Å². The van der Waals surface area contributed by atoms with Gasteiger partial charge in [-0.05, 0) is 42.3 Å². The number of carbonyl (C=O) groups excluding carboxylic acids is 1. The topological polar surface area (TPSA) is 44.8 Å². The zero-order valence-corrected chi connectivity index (χ0v) is 15.0. The van der Waals surface area contributed by atoms with Gasteiger partial charge in [0, 0.05) is 38.4 Å². The third-order valence-corrected chi connectivity index (χ3v) is 4.59. The number of rotatable bonds is 5. The van der Waals surface area contributed by atoms with Crippen molar-refractivity contribution in [3.05, 3.63) is 59.9 Å². The van der Waals surface area contributed by atoms with Crippen molar-refractivity contribution in [2.24, 2.45) is 0 Å². The van der Waals surface area contributed by atoms with Gasteiger partial charge in [0.2, 0.25) is 0 Å². The van der Waals surface area contributed by atoms with Gasteiger partial charge in [0.25, 0.3) is 0 Å². The van der Waals surface area contributed by atoms with Crippen LogP contribution in [0.25, 0.3) is 0 Å². The highest BCUT2D eigenvalue weighted by Gasteiger charge is 2.21. The number of hydrogen-bond donors (Lipinski definition) is 1. The molecule has 2 amide bonds. The molecular weight excluding hydrogens is 333 g/mol. The summed E-state index contributed by atoms with van der Waals surface area (Å²) in [6.07, 6.45) is 0.777. The smallest absolute Gasteiger partial charge is 0.317 e. The number of amides is 2. The van der Waals surface area contributed by atoms with Crippen molar-refractivity contribution in [2.45, 2.75) is 6.42 Å². The number of nitrogens with zero attached hydrogens (tertiary/aromatic N) is 2. The van der Waals surface area contributed by atoms with Crippen molar-refractivity contribution in [2.75, 3.05) is 44.7 Å². The van der Waals surface area contributed by atoms with Crippen LogP contribution in [0.4, 0.5) is 14.9 Å². The average molecular weight is 357 g/mol. The molecule has 1 saturated heterocycles. The van der Waals surface area contributed by atoms with Crippen LogP contribution in [0.1, 0.15) is 5.56 Å². The van der Waals surface area contributed by atoms with E-state index in [0.29, 0.717) is 32.7 Å². The van der Waals surface area contributed by atoms with Gasteiger partial charge in [-0.1, -0.05) is 18.2 Å². The second kappa shape index (κ2) is 8.56. The maximum absolute atomic E-state index is 13.3.